The molecule has 2 heterocycles. The van der Waals surface area contributed by atoms with E-state index in [0.29, 0.717) is 0 Å². The van der Waals surface area contributed by atoms with Crippen molar-refractivity contribution in [1.29, 1.82) is 0 Å². The Morgan fingerprint density at radius 3 is 2.48 bits per heavy atom. The van der Waals surface area contributed by atoms with E-state index in [1.54, 1.807) is 14.2 Å². The average Bonchev–Trinajstić information content (AvgIpc) is 2.62. The van der Waals surface area contributed by atoms with E-state index in [1.807, 2.05) is 24.3 Å². The lowest BCUT2D eigenvalue weighted by Gasteiger charge is -2.43. The van der Waals surface area contributed by atoms with Crippen molar-refractivity contribution in [1.82, 2.24) is 4.90 Å². The number of fused-ring (bicyclic) bond motifs is 4. The maximum atomic E-state index is 13.1. The van der Waals surface area contributed by atoms with E-state index >= 15 is 0 Å². The number of benzene rings is 2. The minimum atomic E-state index is -0.201. The van der Waals surface area contributed by atoms with Gasteiger partial charge in [-0.3, -0.25) is 4.90 Å². The van der Waals surface area contributed by atoms with Crippen molar-refractivity contribution >= 4 is 0 Å². The first-order chi connectivity index (χ1) is 12.2. The van der Waals surface area contributed by atoms with Crippen molar-refractivity contribution in [3.8, 4) is 11.5 Å². The maximum absolute atomic E-state index is 13.1. The van der Waals surface area contributed by atoms with E-state index in [0.717, 1.165) is 48.7 Å². The fraction of sp³-hybridized carbons (Fsp3) is 0.400. The first-order valence-corrected chi connectivity index (χ1v) is 8.54. The molecule has 2 bridgehead atoms. The van der Waals surface area contributed by atoms with Gasteiger partial charge in [-0.2, -0.15) is 0 Å². The zero-order valence-electron chi connectivity index (χ0n) is 14.5. The third kappa shape index (κ3) is 3.10. The number of morpholine rings is 1. The molecule has 1 fully saturated rings. The minimum Gasteiger partial charge on any atom is -0.496 e. The molecule has 0 aliphatic carbocycles. The largest absolute Gasteiger partial charge is 0.496 e. The summed E-state index contributed by atoms with van der Waals surface area (Å²) in [6, 6.07) is 10.6. The van der Waals surface area contributed by atoms with Gasteiger partial charge in [0.25, 0.3) is 0 Å². The Balaban J connectivity index is 1.60. The van der Waals surface area contributed by atoms with Gasteiger partial charge in [-0.15, -0.1) is 0 Å². The Morgan fingerprint density at radius 1 is 1.04 bits per heavy atom. The highest BCUT2D eigenvalue weighted by Gasteiger charge is 2.38. The van der Waals surface area contributed by atoms with Crippen LogP contribution < -0.4 is 9.47 Å². The van der Waals surface area contributed by atoms with Crippen LogP contribution in [-0.4, -0.2) is 38.3 Å². The van der Waals surface area contributed by atoms with Crippen LogP contribution >= 0.6 is 0 Å². The third-order valence-corrected chi connectivity index (χ3v) is 5.03. The molecule has 4 nitrogen and oxygen atoms in total. The van der Waals surface area contributed by atoms with E-state index in [9.17, 15) is 4.39 Å². The minimum absolute atomic E-state index is 0.0343. The van der Waals surface area contributed by atoms with Gasteiger partial charge in [0.15, 0.2) is 0 Å². The smallest absolute Gasteiger partial charge is 0.125 e. The van der Waals surface area contributed by atoms with Gasteiger partial charge in [0.1, 0.15) is 17.3 Å². The molecule has 0 spiro atoms. The second-order valence-electron chi connectivity index (χ2n) is 6.63. The first kappa shape index (κ1) is 16.4. The molecule has 1 saturated heterocycles. The summed E-state index contributed by atoms with van der Waals surface area (Å²) in [6.07, 6.45) is 0.910. The van der Waals surface area contributed by atoms with Crippen molar-refractivity contribution in [2.45, 2.75) is 25.2 Å². The van der Waals surface area contributed by atoms with Crippen LogP contribution in [0.1, 0.15) is 22.8 Å². The molecule has 2 aromatic carbocycles. The van der Waals surface area contributed by atoms with Crippen LogP contribution in [-0.2, 0) is 17.7 Å². The highest BCUT2D eigenvalue weighted by Crippen LogP contribution is 2.43. The standard InChI is InChI=1S/C20H22FNO3/c1-23-17-7-8-18(24-2)20-16(17)9-15-11-22(12-19(20)25-15)10-13-3-5-14(21)6-4-13/h3-8,15,19H,9-12H2,1-2H3/t15-,19-/m1/s1. The fourth-order valence-corrected chi connectivity index (χ4v) is 3.95. The van der Waals surface area contributed by atoms with Crippen molar-refractivity contribution in [2.24, 2.45) is 0 Å². The molecule has 4 rings (SSSR count). The van der Waals surface area contributed by atoms with E-state index < -0.39 is 0 Å². The van der Waals surface area contributed by atoms with Crippen LogP contribution in [0.3, 0.4) is 0 Å². The molecule has 2 aliphatic heterocycles. The Labute approximate surface area is 147 Å². The summed E-state index contributed by atoms with van der Waals surface area (Å²) < 4.78 is 30.5. The Hall–Kier alpha value is -2.11. The van der Waals surface area contributed by atoms with Gasteiger partial charge in [0, 0.05) is 37.2 Å². The third-order valence-electron chi connectivity index (χ3n) is 5.03. The Bertz CT molecular complexity index is 762. The lowest BCUT2D eigenvalue weighted by atomic mass is 9.89. The van der Waals surface area contributed by atoms with Gasteiger partial charge in [-0.1, -0.05) is 12.1 Å². The van der Waals surface area contributed by atoms with E-state index in [4.69, 9.17) is 14.2 Å². The predicted molar refractivity (Wildman–Crippen MR) is 92.5 cm³/mol. The number of ether oxygens (including phenoxy) is 3. The number of hydrogen-bond acceptors (Lipinski definition) is 4. The number of rotatable bonds is 4. The quantitative estimate of drug-likeness (QED) is 0.852. The normalized spacial score (nSPS) is 22.4. The zero-order valence-corrected chi connectivity index (χ0v) is 14.5. The van der Waals surface area contributed by atoms with Gasteiger partial charge in [0.05, 0.1) is 26.4 Å². The molecule has 2 atom stereocenters. The number of methoxy groups -OCH3 is 2. The summed E-state index contributed by atoms with van der Waals surface area (Å²) in [5.74, 6) is 1.55. The van der Waals surface area contributed by atoms with Crippen molar-refractivity contribution in [3.63, 3.8) is 0 Å². The van der Waals surface area contributed by atoms with Crippen LogP contribution in [0.4, 0.5) is 4.39 Å². The summed E-state index contributed by atoms with van der Waals surface area (Å²) in [4.78, 5) is 2.37. The molecule has 0 N–H and O–H groups in total. The van der Waals surface area contributed by atoms with Crippen molar-refractivity contribution in [3.05, 3.63) is 58.9 Å². The monoisotopic (exact) mass is 343 g/mol. The molecule has 2 aliphatic rings. The highest BCUT2D eigenvalue weighted by molar-refractivity contribution is 5.51. The van der Waals surface area contributed by atoms with Gasteiger partial charge >= 0.3 is 0 Å². The van der Waals surface area contributed by atoms with Crippen LogP contribution in [0, 0.1) is 5.82 Å². The summed E-state index contributed by atoms with van der Waals surface area (Å²) in [7, 11) is 3.39. The molecular weight excluding hydrogens is 321 g/mol. The van der Waals surface area contributed by atoms with Crippen LogP contribution in [0.15, 0.2) is 36.4 Å². The fourth-order valence-electron chi connectivity index (χ4n) is 3.95. The van der Waals surface area contributed by atoms with Crippen LogP contribution in [0.5, 0.6) is 11.5 Å². The summed E-state index contributed by atoms with van der Waals surface area (Å²) >= 11 is 0. The maximum Gasteiger partial charge on any atom is 0.125 e. The molecule has 5 heteroatoms. The molecule has 132 valence electrons. The summed E-state index contributed by atoms with van der Waals surface area (Å²) in [5.41, 5.74) is 3.41. The lowest BCUT2D eigenvalue weighted by molar-refractivity contribution is -0.0997. The Kier molecular flexibility index (Phi) is 4.36. The van der Waals surface area contributed by atoms with E-state index in [1.165, 1.54) is 17.7 Å². The molecule has 0 saturated carbocycles. The summed E-state index contributed by atoms with van der Waals surface area (Å²) in [5, 5.41) is 0. The second-order valence-corrected chi connectivity index (χ2v) is 6.63. The molecule has 0 unspecified atom stereocenters. The van der Waals surface area contributed by atoms with Gasteiger partial charge in [-0.05, 0) is 29.8 Å². The molecule has 25 heavy (non-hydrogen) atoms. The zero-order chi connectivity index (χ0) is 17.4. The lowest BCUT2D eigenvalue weighted by Crippen LogP contribution is -2.47. The molecule has 2 aromatic rings. The predicted octanol–water partition coefficient (Wildman–Crippen LogP) is 3.34. The number of hydrogen-bond donors (Lipinski definition) is 0. The highest BCUT2D eigenvalue weighted by atomic mass is 19.1. The molecule has 0 aromatic heterocycles. The molecule has 0 radical (unpaired) electrons. The Morgan fingerprint density at radius 2 is 1.76 bits per heavy atom. The first-order valence-electron chi connectivity index (χ1n) is 8.54. The topological polar surface area (TPSA) is 30.9 Å². The average molecular weight is 343 g/mol. The van der Waals surface area contributed by atoms with Crippen LogP contribution in [0.25, 0.3) is 0 Å². The van der Waals surface area contributed by atoms with Crippen molar-refractivity contribution < 1.29 is 18.6 Å². The second kappa shape index (κ2) is 6.65. The SMILES string of the molecule is COc1ccc(OC)c2c1C[C@@H]1CN(Cc3ccc(F)cc3)C[C@H]2O1. The summed E-state index contributed by atoms with van der Waals surface area (Å²) in [6.45, 7) is 2.43. The number of nitrogens with zero attached hydrogens (tertiary/aromatic N) is 1. The van der Waals surface area contributed by atoms with Gasteiger partial charge in [-0.25, -0.2) is 4.39 Å². The van der Waals surface area contributed by atoms with Crippen molar-refractivity contribution in [2.75, 3.05) is 27.3 Å². The molecular formula is C20H22FNO3. The van der Waals surface area contributed by atoms with E-state index in [-0.39, 0.29) is 18.0 Å². The van der Waals surface area contributed by atoms with E-state index in [2.05, 4.69) is 4.90 Å². The van der Waals surface area contributed by atoms with Crippen LogP contribution in [0.2, 0.25) is 0 Å². The van der Waals surface area contributed by atoms with Gasteiger partial charge < -0.3 is 14.2 Å². The van der Waals surface area contributed by atoms with Gasteiger partial charge in [0.2, 0.25) is 0 Å². The molecule has 0 amide bonds. The number of halogens is 1.